The van der Waals surface area contributed by atoms with E-state index >= 15 is 0 Å². The molecule has 0 spiro atoms. The zero-order valence-corrected chi connectivity index (χ0v) is 9.15. The molecule has 2 heteroatoms. The summed E-state index contributed by atoms with van der Waals surface area (Å²) < 4.78 is 6.49. The molecule has 0 radical (unpaired) electrons. The minimum absolute atomic E-state index is 0.401. The quantitative estimate of drug-likeness (QED) is 0.263. The predicted octanol–water partition coefficient (Wildman–Crippen LogP) is 2.79. The van der Waals surface area contributed by atoms with Crippen LogP contribution in [-0.2, 0) is 0 Å². The van der Waals surface area contributed by atoms with Crippen molar-refractivity contribution in [1.82, 2.24) is 3.53 Å². The summed E-state index contributed by atoms with van der Waals surface area (Å²) in [5, 5.41) is 0. The van der Waals surface area contributed by atoms with Gasteiger partial charge in [0.05, 0.1) is 0 Å². The number of halogens is 1. The van der Waals surface area contributed by atoms with Crippen LogP contribution in [0.4, 0.5) is 0 Å². The summed E-state index contributed by atoms with van der Waals surface area (Å²) in [6, 6.07) is 0. The molecule has 1 fully saturated rings. The van der Waals surface area contributed by atoms with E-state index in [0.29, 0.717) is 0 Å². The summed E-state index contributed by atoms with van der Waals surface area (Å²) in [7, 11) is 0. The molecule has 62 valence electrons. The maximum atomic E-state index is 3.49. The fourth-order valence-electron chi connectivity index (χ4n) is 1.15. The Balaban J connectivity index is 1.97. The van der Waals surface area contributed by atoms with E-state index < -0.39 is 20.1 Å². The van der Waals surface area contributed by atoms with Crippen LogP contribution in [0.25, 0.3) is 0 Å². The second-order valence-corrected chi connectivity index (χ2v) is 8.09. The molecule has 0 aromatic rings. The molecule has 1 aliphatic heterocycles. The van der Waals surface area contributed by atoms with E-state index in [1.165, 1.54) is 23.8 Å². The van der Waals surface area contributed by atoms with Crippen molar-refractivity contribution < 1.29 is 0 Å². The van der Waals surface area contributed by atoms with Gasteiger partial charge in [-0.25, -0.2) is 0 Å². The van der Waals surface area contributed by atoms with E-state index in [2.05, 4.69) is 17.4 Å². The van der Waals surface area contributed by atoms with Gasteiger partial charge in [-0.15, -0.1) is 0 Å². The van der Waals surface area contributed by atoms with Crippen molar-refractivity contribution in [2.75, 3.05) is 8.98 Å². The van der Waals surface area contributed by atoms with Gasteiger partial charge in [-0.05, 0) is 0 Å². The predicted molar refractivity (Wildman–Crippen MR) is 55.6 cm³/mol. The first-order valence-electron chi connectivity index (χ1n) is 4.22. The van der Waals surface area contributed by atoms with E-state index in [1.54, 1.807) is 4.43 Å². The van der Waals surface area contributed by atoms with E-state index in [-0.39, 0.29) is 0 Å². The van der Waals surface area contributed by atoms with Crippen molar-refractivity contribution in [3.8, 4) is 0 Å². The van der Waals surface area contributed by atoms with Crippen molar-refractivity contribution in [3.63, 3.8) is 0 Å². The molecule has 0 aliphatic carbocycles. The Labute approximate surface area is 71.7 Å². The Morgan fingerprint density at radius 3 is 2.40 bits per heavy atom. The van der Waals surface area contributed by atoms with E-state index in [1.807, 2.05) is 0 Å². The molecule has 0 bridgehead atoms. The van der Waals surface area contributed by atoms with Gasteiger partial charge in [0, 0.05) is 0 Å². The molecule has 1 aliphatic rings. The van der Waals surface area contributed by atoms with Crippen LogP contribution in [0.3, 0.4) is 0 Å². The summed E-state index contributed by atoms with van der Waals surface area (Å²) in [4.78, 5) is 0. The van der Waals surface area contributed by atoms with Gasteiger partial charge in [0.15, 0.2) is 0 Å². The number of alkyl halides is 2. The van der Waals surface area contributed by atoms with Gasteiger partial charge in [-0.3, -0.25) is 0 Å². The average Bonchev–Trinajstić information content (AvgIpc) is 2.74. The van der Waals surface area contributed by atoms with Crippen LogP contribution >= 0.6 is 20.1 Å². The number of rotatable bonds is 5. The van der Waals surface area contributed by atoms with Gasteiger partial charge >= 0.3 is 71.6 Å². The van der Waals surface area contributed by atoms with Crippen LogP contribution in [0.1, 0.15) is 33.1 Å². The third-order valence-electron chi connectivity index (χ3n) is 2.22. The number of hydrogen-bond donors (Lipinski definition) is 1. The summed E-state index contributed by atoms with van der Waals surface area (Å²) in [5.74, 6) is 1.03. The molecule has 1 rings (SSSR count). The summed E-state index contributed by atoms with van der Waals surface area (Å²) in [5.41, 5.74) is 0. The normalized spacial score (nSPS) is 20.1. The zero-order chi connectivity index (χ0) is 7.40. The topological polar surface area (TPSA) is 21.9 Å². The molecule has 0 atom stereocenters. The van der Waals surface area contributed by atoms with Crippen molar-refractivity contribution in [2.45, 2.75) is 33.1 Å². The third kappa shape index (κ3) is 3.19. The van der Waals surface area contributed by atoms with E-state index in [9.17, 15) is 0 Å². The SMILES string of the molecule is CCC(CC)CCI1CN1. The maximum absolute atomic E-state index is 3.49. The molecule has 10 heavy (non-hydrogen) atoms. The fraction of sp³-hybridized carbons (Fsp3) is 1.00. The first-order chi connectivity index (χ1) is 4.86. The standard InChI is InChI=1S/C8H18IN/c1-3-8(4-2)5-6-9-7-10-9/h8,10H,3-7H2,1-2H3. The summed E-state index contributed by atoms with van der Waals surface area (Å²) >= 11 is -0.401. The third-order valence-corrected chi connectivity index (χ3v) is 5.99. The molecule has 0 aromatic carbocycles. The van der Waals surface area contributed by atoms with Gasteiger partial charge in [0.2, 0.25) is 0 Å². The molecule has 0 aromatic heterocycles. The zero-order valence-electron chi connectivity index (χ0n) is 6.99. The minimum atomic E-state index is -0.401. The van der Waals surface area contributed by atoms with Crippen molar-refractivity contribution >= 4 is 20.1 Å². The Hall–Kier alpha value is 0.690. The second-order valence-electron chi connectivity index (χ2n) is 2.88. The molecule has 0 amide bonds. The van der Waals surface area contributed by atoms with Crippen LogP contribution in [0.5, 0.6) is 0 Å². The number of nitrogens with one attached hydrogen (secondary N) is 1. The summed E-state index contributed by atoms with van der Waals surface area (Å²) in [6.07, 6.45) is 4.28. The van der Waals surface area contributed by atoms with Crippen LogP contribution in [-0.4, -0.2) is 8.98 Å². The molecule has 1 nitrogen and oxygen atoms in total. The molecule has 0 saturated carbocycles. The van der Waals surface area contributed by atoms with Gasteiger partial charge in [0.1, 0.15) is 0 Å². The van der Waals surface area contributed by atoms with Crippen LogP contribution in [0, 0.1) is 5.92 Å². The van der Waals surface area contributed by atoms with E-state index in [0.717, 1.165) is 5.92 Å². The monoisotopic (exact) mass is 255 g/mol. The first kappa shape index (κ1) is 8.78. The van der Waals surface area contributed by atoms with Gasteiger partial charge in [-0.1, -0.05) is 0 Å². The first-order valence-corrected chi connectivity index (χ1v) is 8.35. The van der Waals surface area contributed by atoms with Crippen molar-refractivity contribution in [1.29, 1.82) is 0 Å². The van der Waals surface area contributed by atoms with E-state index in [4.69, 9.17) is 0 Å². The molecule has 1 N–H and O–H groups in total. The van der Waals surface area contributed by atoms with Crippen molar-refractivity contribution in [2.24, 2.45) is 5.92 Å². The Bertz CT molecular complexity index is 87.3. The average molecular weight is 255 g/mol. The van der Waals surface area contributed by atoms with Crippen molar-refractivity contribution in [3.05, 3.63) is 0 Å². The number of hydrogen-bond acceptors (Lipinski definition) is 1. The molecule has 1 saturated heterocycles. The van der Waals surface area contributed by atoms with Crippen LogP contribution in [0.15, 0.2) is 0 Å². The molecular formula is C8H18IN. The molecular weight excluding hydrogens is 237 g/mol. The Kier molecular flexibility index (Phi) is 3.99. The second kappa shape index (κ2) is 4.54. The molecule has 1 heterocycles. The molecule has 0 unspecified atom stereocenters. The summed E-state index contributed by atoms with van der Waals surface area (Å²) in [6.45, 7) is 4.64. The van der Waals surface area contributed by atoms with Gasteiger partial charge in [-0.2, -0.15) is 0 Å². The van der Waals surface area contributed by atoms with Gasteiger partial charge in [0.25, 0.3) is 0 Å². The van der Waals surface area contributed by atoms with Crippen LogP contribution < -0.4 is 3.53 Å². The Morgan fingerprint density at radius 1 is 1.40 bits per heavy atom. The Morgan fingerprint density at radius 2 is 2.00 bits per heavy atom. The fourth-order valence-corrected chi connectivity index (χ4v) is 5.12. The van der Waals surface area contributed by atoms with Gasteiger partial charge < -0.3 is 0 Å². The van der Waals surface area contributed by atoms with Crippen LogP contribution in [0.2, 0.25) is 0 Å².